The Morgan fingerprint density at radius 3 is 2.14 bits per heavy atom. The number of fused-ring (bicyclic) bond motifs is 1. The van der Waals surface area contributed by atoms with Gasteiger partial charge >= 0.3 is 15.2 Å². The smallest absolute Gasteiger partial charge is 0.369 e. The van der Waals surface area contributed by atoms with Crippen molar-refractivity contribution < 1.29 is 43.7 Å². The number of aromatic amines is 1. The van der Waals surface area contributed by atoms with Gasteiger partial charge in [-0.2, -0.15) is 0 Å². The summed E-state index contributed by atoms with van der Waals surface area (Å²) in [6, 6.07) is 6.10. The third-order valence-corrected chi connectivity index (χ3v) is 8.16. The Morgan fingerprint density at radius 2 is 1.59 bits per heavy atom. The fourth-order valence-electron chi connectivity index (χ4n) is 2.67. The molecule has 0 aliphatic rings. The van der Waals surface area contributed by atoms with E-state index in [1.807, 2.05) is 0 Å². The number of pyridine rings is 1. The number of benzene rings is 1. The van der Waals surface area contributed by atoms with Crippen LogP contribution in [-0.2, 0) is 9.13 Å². The Bertz CT molecular complexity index is 1050. The standard InChI is InChI=1S/C15H20N2O10P2/c18-12-9-5-1-2-6-10(9)13(19)17-11(12)14(20)16-8-4-3-7-15(21,28(22,23)24)29(25,26)27/h1-2,5-6,18,21H,3-4,7-8H2,(H,16,20)(H,17,19)(H2,22,23,24)(H2,25,26,27). The lowest BCUT2D eigenvalue weighted by molar-refractivity contribution is 0.0941. The lowest BCUT2D eigenvalue weighted by Crippen LogP contribution is -2.30. The predicted molar refractivity (Wildman–Crippen MR) is 101 cm³/mol. The number of hydrogen-bond acceptors (Lipinski definition) is 6. The van der Waals surface area contributed by atoms with Crippen LogP contribution in [0.2, 0.25) is 0 Å². The molecule has 2 aromatic rings. The van der Waals surface area contributed by atoms with E-state index in [-0.39, 0.29) is 35.9 Å². The zero-order chi connectivity index (χ0) is 22.0. The molecule has 0 atom stereocenters. The van der Waals surface area contributed by atoms with Crippen molar-refractivity contribution in [1.29, 1.82) is 0 Å². The molecule has 29 heavy (non-hydrogen) atoms. The van der Waals surface area contributed by atoms with Gasteiger partial charge in [0.15, 0.2) is 5.75 Å². The summed E-state index contributed by atoms with van der Waals surface area (Å²) in [5, 5.41) is 19.2. The van der Waals surface area contributed by atoms with E-state index in [9.17, 15) is 28.9 Å². The molecule has 8 N–H and O–H groups in total. The first-order valence-corrected chi connectivity index (χ1v) is 11.5. The minimum atomic E-state index is -5.53. The van der Waals surface area contributed by atoms with E-state index >= 15 is 0 Å². The molecular weight excluding hydrogens is 430 g/mol. The maximum Gasteiger partial charge on any atom is 0.369 e. The Balaban J connectivity index is 2.02. The largest absolute Gasteiger partial charge is 0.505 e. The number of rotatable bonds is 8. The second-order valence-corrected chi connectivity index (χ2v) is 10.3. The molecular formula is C15H20N2O10P2. The summed E-state index contributed by atoms with van der Waals surface area (Å²) in [4.78, 5) is 62.7. The highest BCUT2D eigenvalue weighted by molar-refractivity contribution is 7.72. The number of carbonyl (C=O) groups excluding carboxylic acids is 1. The number of aliphatic hydroxyl groups is 1. The number of hydrogen-bond donors (Lipinski definition) is 8. The van der Waals surface area contributed by atoms with Gasteiger partial charge in [-0.15, -0.1) is 0 Å². The zero-order valence-electron chi connectivity index (χ0n) is 14.8. The first-order valence-electron chi connectivity index (χ1n) is 8.25. The zero-order valence-corrected chi connectivity index (χ0v) is 16.6. The molecule has 1 aromatic carbocycles. The summed E-state index contributed by atoms with van der Waals surface area (Å²) in [5.74, 6) is -1.26. The van der Waals surface area contributed by atoms with Crippen molar-refractivity contribution in [2.75, 3.05) is 6.54 Å². The quantitative estimate of drug-likeness (QED) is 0.201. The Hall–Kier alpha value is -2.04. The van der Waals surface area contributed by atoms with E-state index < -0.39 is 43.9 Å². The van der Waals surface area contributed by atoms with Crippen LogP contribution in [-0.4, -0.2) is 52.3 Å². The molecule has 1 amide bonds. The van der Waals surface area contributed by atoms with Gasteiger partial charge in [0, 0.05) is 11.9 Å². The van der Waals surface area contributed by atoms with Crippen molar-refractivity contribution in [2.24, 2.45) is 0 Å². The summed E-state index contributed by atoms with van der Waals surface area (Å²) in [7, 11) is -11.1. The van der Waals surface area contributed by atoms with Gasteiger partial charge in [0.2, 0.25) is 0 Å². The molecule has 0 saturated heterocycles. The highest BCUT2D eigenvalue weighted by Gasteiger charge is 2.58. The topological polar surface area (TPSA) is 217 Å². The van der Waals surface area contributed by atoms with E-state index in [0.29, 0.717) is 0 Å². The van der Waals surface area contributed by atoms with Crippen LogP contribution in [0, 0.1) is 0 Å². The molecule has 0 radical (unpaired) electrons. The van der Waals surface area contributed by atoms with Crippen LogP contribution in [0.1, 0.15) is 29.8 Å². The van der Waals surface area contributed by atoms with Crippen molar-refractivity contribution in [3.8, 4) is 5.75 Å². The molecule has 160 valence electrons. The van der Waals surface area contributed by atoms with E-state index in [2.05, 4.69) is 10.3 Å². The number of carbonyl (C=O) groups is 1. The summed E-state index contributed by atoms with van der Waals surface area (Å²) < 4.78 is 22.5. The minimum Gasteiger partial charge on any atom is -0.505 e. The minimum absolute atomic E-state index is 0.00732. The summed E-state index contributed by atoms with van der Waals surface area (Å²) in [6.45, 7) is -0.120. The molecule has 0 saturated carbocycles. The van der Waals surface area contributed by atoms with Crippen LogP contribution in [0.4, 0.5) is 0 Å². The number of amides is 1. The third kappa shape index (κ3) is 4.76. The lowest BCUT2D eigenvalue weighted by atomic mass is 10.1. The van der Waals surface area contributed by atoms with Crippen LogP contribution in [0.5, 0.6) is 5.75 Å². The van der Waals surface area contributed by atoms with E-state index in [1.54, 1.807) is 12.1 Å². The first-order chi connectivity index (χ1) is 13.3. The van der Waals surface area contributed by atoms with Crippen LogP contribution in [0.3, 0.4) is 0 Å². The third-order valence-electron chi connectivity index (χ3n) is 4.29. The maximum absolute atomic E-state index is 12.2. The highest BCUT2D eigenvalue weighted by atomic mass is 31.2. The average Bonchev–Trinajstić information content (AvgIpc) is 2.62. The Labute approximate surface area is 163 Å². The van der Waals surface area contributed by atoms with Gasteiger partial charge in [-0.3, -0.25) is 18.7 Å². The maximum atomic E-state index is 12.2. The molecule has 0 aliphatic carbocycles. The second-order valence-electron chi connectivity index (χ2n) is 6.30. The second kappa shape index (κ2) is 8.37. The number of unbranched alkanes of at least 4 members (excludes halogenated alkanes) is 1. The average molecular weight is 450 g/mol. The van der Waals surface area contributed by atoms with Crippen LogP contribution >= 0.6 is 15.2 Å². The molecule has 0 unspecified atom stereocenters. The molecule has 1 aromatic heterocycles. The summed E-state index contributed by atoms with van der Waals surface area (Å²) in [6.07, 6.45) is -1.16. The van der Waals surface area contributed by atoms with Crippen LogP contribution in [0.25, 0.3) is 10.8 Å². The number of nitrogens with one attached hydrogen (secondary N) is 2. The molecule has 14 heteroatoms. The molecule has 0 fully saturated rings. The molecule has 2 rings (SSSR count). The fourth-order valence-corrected chi connectivity index (χ4v) is 4.92. The molecule has 0 bridgehead atoms. The number of aromatic hydroxyl groups is 1. The van der Waals surface area contributed by atoms with Gasteiger partial charge in [-0.1, -0.05) is 18.2 Å². The van der Waals surface area contributed by atoms with E-state index in [4.69, 9.17) is 19.6 Å². The van der Waals surface area contributed by atoms with Crippen LogP contribution in [0.15, 0.2) is 29.1 Å². The van der Waals surface area contributed by atoms with Gasteiger partial charge in [-0.05, 0) is 25.3 Å². The molecule has 0 aliphatic heterocycles. The van der Waals surface area contributed by atoms with E-state index in [1.165, 1.54) is 12.1 Å². The molecule has 12 nitrogen and oxygen atoms in total. The van der Waals surface area contributed by atoms with Gasteiger partial charge in [0.05, 0.1) is 5.39 Å². The molecule has 0 spiro atoms. The van der Waals surface area contributed by atoms with Crippen LogP contribution < -0.4 is 10.9 Å². The van der Waals surface area contributed by atoms with Gasteiger partial charge in [0.25, 0.3) is 16.5 Å². The van der Waals surface area contributed by atoms with E-state index in [0.717, 1.165) is 0 Å². The summed E-state index contributed by atoms with van der Waals surface area (Å²) >= 11 is 0. The SMILES string of the molecule is O=C(NCCCCC(O)(P(=O)(O)O)P(=O)(O)O)c1[nH]c(=O)c2ccccc2c1O. The number of H-pyrrole nitrogens is 1. The molecule has 1 heterocycles. The predicted octanol–water partition coefficient (Wildman–Crippen LogP) is 0.135. The van der Waals surface area contributed by atoms with Crippen molar-refractivity contribution in [3.63, 3.8) is 0 Å². The van der Waals surface area contributed by atoms with Crippen molar-refractivity contribution >= 4 is 31.9 Å². The monoisotopic (exact) mass is 450 g/mol. The highest BCUT2D eigenvalue weighted by Crippen LogP contribution is 2.69. The Kier molecular flexibility index (Phi) is 6.71. The number of aromatic nitrogens is 1. The van der Waals surface area contributed by atoms with Gasteiger partial charge in [-0.25, -0.2) is 0 Å². The van der Waals surface area contributed by atoms with Crippen molar-refractivity contribution in [3.05, 3.63) is 40.3 Å². The van der Waals surface area contributed by atoms with Gasteiger partial charge in [0.1, 0.15) is 5.69 Å². The Morgan fingerprint density at radius 1 is 1.03 bits per heavy atom. The van der Waals surface area contributed by atoms with Crippen molar-refractivity contribution in [1.82, 2.24) is 10.3 Å². The first kappa shape index (κ1) is 23.2. The normalized spacial score (nSPS) is 12.9. The lowest BCUT2D eigenvalue weighted by Gasteiger charge is -2.29. The summed E-state index contributed by atoms with van der Waals surface area (Å²) in [5.41, 5.74) is -0.965. The van der Waals surface area contributed by atoms with Gasteiger partial charge < -0.3 is 40.1 Å². The fraction of sp³-hybridized carbons (Fsp3) is 0.333. The van der Waals surface area contributed by atoms with Crippen molar-refractivity contribution in [2.45, 2.75) is 24.3 Å².